The Bertz CT molecular complexity index is 486. The third-order valence-corrected chi connectivity index (χ3v) is 4.76. The van der Waals surface area contributed by atoms with Crippen LogP contribution >= 0.6 is 0 Å². The second-order valence-electron chi connectivity index (χ2n) is 6.31. The zero-order chi connectivity index (χ0) is 15.9. The fraction of sp³-hybridized carbons (Fsp3) is 0.632. The minimum atomic E-state index is 0.331. The molecule has 1 heterocycles. The van der Waals surface area contributed by atoms with Gasteiger partial charge in [-0.1, -0.05) is 19.1 Å². The number of rotatable bonds is 6. The summed E-state index contributed by atoms with van der Waals surface area (Å²) < 4.78 is 0. The second-order valence-corrected chi connectivity index (χ2v) is 6.31. The van der Waals surface area contributed by atoms with Crippen molar-refractivity contribution in [3.8, 4) is 0 Å². The molecule has 1 aliphatic heterocycles. The lowest BCUT2D eigenvalue weighted by Crippen LogP contribution is -2.44. The van der Waals surface area contributed by atoms with Crippen LogP contribution in [-0.4, -0.2) is 36.5 Å². The van der Waals surface area contributed by atoms with Crippen LogP contribution in [0.1, 0.15) is 51.5 Å². The number of benzene rings is 1. The van der Waals surface area contributed by atoms with Crippen LogP contribution in [-0.2, 0) is 4.79 Å². The molecule has 1 aromatic carbocycles. The van der Waals surface area contributed by atoms with E-state index in [-0.39, 0.29) is 0 Å². The Morgan fingerprint density at radius 2 is 2.14 bits per heavy atom. The zero-order valence-electron chi connectivity index (χ0n) is 14.3. The second kappa shape index (κ2) is 8.21. The summed E-state index contributed by atoms with van der Waals surface area (Å²) in [5.74, 6) is 0.331. The van der Waals surface area contributed by atoms with Gasteiger partial charge in [-0.15, -0.1) is 0 Å². The highest BCUT2D eigenvalue weighted by Crippen LogP contribution is 2.21. The summed E-state index contributed by atoms with van der Waals surface area (Å²) in [6.45, 7) is 9.17. The van der Waals surface area contributed by atoms with E-state index in [0.29, 0.717) is 18.4 Å². The Hall–Kier alpha value is -1.51. The zero-order valence-corrected chi connectivity index (χ0v) is 14.3. The van der Waals surface area contributed by atoms with Crippen LogP contribution in [0.15, 0.2) is 24.3 Å². The molecular formula is C19H30N2O. The molecule has 3 nitrogen and oxygen atoms in total. The molecule has 0 saturated carbocycles. The molecule has 1 fully saturated rings. The molecule has 0 radical (unpaired) electrons. The van der Waals surface area contributed by atoms with E-state index in [9.17, 15) is 4.79 Å². The molecule has 1 aromatic rings. The average molecular weight is 302 g/mol. The van der Waals surface area contributed by atoms with Crippen molar-refractivity contribution in [2.24, 2.45) is 0 Å². The maximum atomic E-state index is 12.6. The van der Waals surface area contributed by atoms with Crippen molar-refractivity contribution in [2.45, 2.75) is 58.9 Å². The molecule has 0 spiro atoms. The third kappa shape index (κ3) is 4.25. The normalized spacial score (nSPS) is 18.3. The van der Waals surface area contributed by atoms with Crippen molar-refractivity contribution < 1.29 is 4.79 Å². The predicted molar refractivity (Wildman–Crippen MR) is 93.3 cm³/mol. The van der Waals surface area contributed by atoms with Crippen molar-refractivity contribution in [1.82, 2.24) is 4.90 Å². The smallest absolute Gasteiger partial charge is 0.224 e. The van der Waals surface area contributed by atoms with Crippen molar-refractivity contribution in [3.63, 3.8) is 0 Å². The summed E-state index contributed by atoms with van der Waals surface area (Å²) in [5, 5.41) is 0. The van der Waals surface area contributed by atoms with Crippen LogP contribution in [0.3, 0.4) is 0 Å². The van der Waals surface area contributed by atoms with Gasteiger partial charge in [-0.25, -0.2) is 0 Å². The minimum Gasteiger partial charge on any atom is -0.371 e. The molecule has 0 bridgehead atoms. The SMILES string of the molecule is CCC1CCCCN1C(=O)CCN(CC)c1cccc(C)c1. The lowest BCUT2D eigenvalue weighted by Gasteiger charge is -2.36. The van der Waals surface area contributed by atoms with Gasteiger partial charge in [0, 0.05) is 37.8 Å². The van der Waals surface area contributed by atoms with Gasteiger partial charge in [0.2, 0.25) is 5.91 Å². The predicted octanol–water partition coefficient (Wildman–Crippen LogP) is 4.00. The van der Waals surface area contributed by atoms with Gasteiger partial charge in [0.1, 0.15) is 0 Å². The molecule has 22 heavy (non-hydrogen) atoms. The molecule has 0 aliphatic carbocycles. The first kappa shape index (κ1) is 16.9. The number of anilines is 1. The summed E-state index contributed by atoms with van der Waals surface area (Å²) >= 11 is 0. The highest BCUT2D eigenvalue weighted by molar-refractivity contribution is 5.77. The fourth-order valence-corrected chi connectivity index (χ4v) is 3.42. The molecule has 0 aromatic heterocycles. The first-order valence-corrected chi connectivity index (χ1v) is 8.76. The number of carbonyl (C=O) groups is 1. The third-order valence-electron chi connectivity index (χ3n) is 4.76. The van der Waals surface area contributed by atoms with Crippen molar-refractivity contribution >= 4 is 11.6 Å². The maximum absolute atomic E-state index is 12.6. The number of amides is 1. The van der Waals surface area contributed by atoms with E-state index in [0.717, 1.165) is 32.5 Å². The van der Waals surface area contributed by atoms with E-state index in [4.69, 9.17) is 0 Å². The lowest BCUT2D eigenvalue weighted by molar-refractivity contribution is -0.134. The molecule has 2 rings (SSSR count). The van der Waals surface area contributed by atoms with Crippen LogP contribution < -0.4 is 4.90 Å². The minimum absolute atomic E-state index is 0.331. The van der Waals surface area contributed by atoms with Crippen LogP contribution in [0.25, 0.3) is 0 Å². The van der Waals surface area contributed by atoms with Gasteiger partial charge in [-0.05, 0) is 57.2 Å². The Morgan fingerprint density at radius 1 is 1.32 bits per heavy atom. The Balaban J connectivity index is 1.93. The Morgan fingerprint density at radius 3 is 2.82 bits per heavy atom. The molecule has 1 aliphatic rings. The average Bonchev–Trinajstić information content (AvgIpc) is 2.55. The van der Waals surface area contributed by atoms with Crippen LogP contribution in [0.4, 0.5) is 5.69 Å². The van der Waals surface area contributed by atoms with Crippen LogP contribution in [0.2, 0.25) is 0 Å². The summed E-state index contributed by atoms with van der Waals surface area (Å²) in [5.41, 5.74) is 2.49. The van der Waals surface area contributed by atoms with Crippen LogP contribution in [0.5, 0.6) is 0 Å². The first-order valence-electron chi connectivity index (χ1n) is 8.76. The van der Waals surface area contributed by atoms with Gasteiger partial charge < -0.3 is 9.80 Å². The lowest BCUT2D eigenvalue weighted by atomic mass is 9.99. The molecule has 3 heteroatoms. The molecule has 1 saturated heterocycles. The van der Waals surface area contributed by atoms with Crippen molar-refractivity contribution in [2.75, 3.05) is 24.5 Å². The molecule has 122 valence electrons. The Labute approximate surface area is 135 Å². The number of aryl methyl sites for hydroxylation is 1. The quantitative estimate of drug-likeness (QED) is 0.793. The summed E-state index contributed by atoms with van der Waals surface area (Å²) in [4.78, 5) is 17.0. The van der Waals surface area contributed by atoms with Crippen molar-refractivity contribution in [3.05, 3.63) is 29.8 Å². The highest BCUT2D eigenvalue weighted by Gasteiger charge is 2.25. The monoisotopic (exact) mass is 302 g/mol. The maximum Gasteiger partial charge on any atom is 0.224 e. The number of hydrogen-bond acceptors (Lipinski definition) is 2. The summed E-state index contributed by atoms with van der Waals surface area (Å²) in [7, 11) is 0. The van der Waals surface area contributed by atoms with Gasteiger partial charge in [-0.2, -0.15) is 0 Å². The molecule has 1 unspecified atom stereocenters. The van der Waals surface area contributed by atoms with E-state index in [1.54, 1.807) is 0 Å². The largest absolute Gasteiger partial charge is 0.371 e. The van der Waals surface area contributed by atoms with E-state index in [1.165, 1.54) is 24.1 Å². The fourth-order valence-electron chi connectivity index (χ4n) is 3.42. The van der Waals surface area contributed by atoms with E-state index >= 15 is 0 Å². The molecule has 1 atom stereocenters. The van der Waals surface area contributed by atoms with Gasteiger partial charge in [0.05, 0.1) is 0 Å². The number of piperidine rings is 1. The van der Waals surface area contributed by atoms with Gasteiger partial charge in [-0.3, -0.25) is 4.79 Å². The Kier molecular flexibility index (Phi) is 6.29. The molecular weight excluding hydrogens is 272 g/mol. The van der Waals surface area contributed by atoms with E-state index < -0.39 is 0 Å². The number of hydrogen-bond donors (Lipinski definition) is 0. The number of nitrogens with zero attached hydrogens (tertiary/aromatic N) is 2. The van der Waals surface area contributed by atoms with Gasteiger partial charge in [0.25, 0.3) is 0 Å². The highest BCUT2D eigenvalue weighted by atomic mass is 16.2. The standard InChI is InChI=1S/C19H30N2O/c1-4-17-10-6-7-13-21(17)19(22)12-14-20(5-2)18-11-8-9-16(3)15-18/h8-9,11,15,17H,4-7,10,12-14H2,1-3H3. The summed E-state index contributed by atoms with van der Waals surface area (Å²) in [6, 6.07) is 9.00. The number of carbonyl (C=O) groups excluding carboxylic acids is 1. The van der Waals surface area contributed by atoms with Crippen molar-refractivity contribution in [1.29, 1.82) is 0 Å². The topological polar surface area (TPSA) is 23.6 Å². The van der Waals surface area contributed by atoms with Gasteiger partial charge in [0.15, 0.2) is 0 Å². The van der Waals surface area contributed by atoms with Crippen LogP contribution in [0, 0.1) is 6.92 Å². The summed E-state index contributed by atoms with van der Waals surface area (Å²) in [6.07, 6.45) is 5.32. The molecule has 0 N–H and O–H groups in total. The van der Waals surface area contributed by atoms with E-state index in [2.05, 4.69) is 54.8 Å². The molecule has 1 amide bonds. The van der Waals surface area contributed by atoms with E-state index in [1.807, 2.05) is 0 Å². The first-order chi connectivity index (χ1) is 10.7. The number of likely N-dealkylation sites (tertiary alicyclic amines) is 1. The van der Waals surface area contributed by atoms with Gasteiger partial charge >= 0.3 is 0 Å².